The Hall–Kier alpha value is -1.04. The predicted molar refractivity (Wildman–Crippen MR) is 73.9 cm³/mol. The Morgan fingerprint density at radius 2 is 2.00 bits per heavy atom. The van der Waals surface area contributed by atoms with E-state index in [1.54, 1.807) is 0 Å². The van der Waals surface area contributed by atoms with E-state index in [0.717, 1.165) is 24.1 Å². The zero-order chi connectivity index (χ0) is 12.8. The van der Waals surface area contributed by atoms with Gasteiger partial charge in [-0.25, -0.2) is 0 Å². The molecule has 17 heavy (non-hydrogen) atoms. The highest BCUT2D eigenvalue weighted by Crippen LogP contribution is 2.17. The van der Waals surface area contributed by atoms with Crippen LogP contribution in [0.1, 0.15) is 27.2 Å². The van der Waals surface area contributed by atoms with Crippen LogP contribution in [0, 0.1) is 0 Å². The van der Waals surface area contributed by atoms with Gasteiger partial charge in [0.05, 0.1) is 0 Å². The second kappa shape index (κ2) is 6.64. The van der Waals surface area contributed by atoms with E-state index < -0.39 is 0 Å². The summed E-state index contributed by atoms with van der Waals surface area (Å²) in [6, 6.07) is 0.418. The van der Waals surface area contributed by atoms with Gasteiger partial charge in [-0.05, 0) is 26.5 Å². The Bertz CT molecular complexity index is 358. The van der Waals surface area contributed by atoms with Crippen LogP contribution in [0.5, 0.6) is 0 Å². The van der Waals surface area contributed by atoms with Gasteiger partial charge in [0.2, 0.25) is 11.9 Å². The van der Waals surface area contributed by atoms with Gasteiger partial charge in [0, 0.05) is 19.6 Å². The average molecular weight is 255 g/mol. The van der Waals surface area contributed by atoms with Crippen LogP contribution in [0.3, 0.4) is 0 Å². The minimum absolute atomic E-state index is 0.418. The van der Waals surface area contributed by atoms with Crippen molar-refractivity contribution in [2.45, 2.75) is 38.4 Å². The normalized spacial score (nSPS) is 12.3. The van der Waals surface area contributed by atoms with Gasteiger partial charge in [0.25, 0.3) is 0 Å². The molecule has 96 valence electrons. The molecule has 1 aromatic heterocycles. The molecule has 1 atom stereocenters. The van der Waals surface area contributed by atoms with Crippen LogP contribution in [0.4, 0.5) is 11.9 Å². The van der Waals surface area contributed by atoms with Crippen molar-refractivity contribution in [3.63, 3.8) is 0 Å². The van der Waals surface area contributed by atoms with E-state index in [0.29, 0.717) is 12.0 Å². The summed E-state index contributed by atoms with van der Waals surface area (Å²) in [6.07, 6.45) is 3.03. The lowest BCUT2D eigenvalue weighted by molar-refractivity contribution is 0.641. The number of nitrogens with zero attached hydrogens (tertiary/aromatic N) is 4. The number of nitrogens with one attached hydrogen (secondary N) is 1. The Morgan fingerprint density at radius 3 is 2.53 bits per heavy atom. The second-order valence-corrected chi connectivity index (χ2v) is 4.62. The van der Waals surface area contributed by atoms with Crippen molar-refractivity contribution >= 4 is 23.7 Å². The van der Waals surface area contributed by atoms with Gasteiger partial charge in [-0.3, -0.25) is 0 Å². The maximum Gasteiger partial charge on any atom is 0.231 e. The Labute approximate surface area is 107 Å². The minimum Gasteiger partial charge on any atom is -0.354 e. The molecule has 5 nitrogen and oxygen atoms in total. The van der Waals surface area contributed by atoms with E-state index in [9.17, 15) is 0 Å². The predicted octanol–water partition coefficient (Wildman–Crippen LogP) is 2.26. The Kier molecular flexibility index (Phi) is 5.47. The number of hydrogen-bond acceptors (Lipinski definition) is 6. The molecule has 0 aliphatic heterocycles. The largest absolute Gasteiger partial charge is 0.354 e. The van der Waals surface area contributed by atoms with E-state index in [-0.39, 0.29) is 0 Å². The SMILES string of the molecule is CCNc1nc(SC)nc(N(C)C(C)CC)n1. The highest BCUT2D eigenvalue weighted by atomic mass is 32.2. The number of anilines is 2. The molecule has 0 bridgehead atoms. The van der Waals surface area contributed by atoms with Gasteiger partial charge in [0.15, 0.2) is 5.16 Å². The molecule has 1 rings (SSSR count). The zero-order valence-corrected chi connectivity index (χ0v) is 12.0. The summed E-state index contributed by atoms with van der Waals surface area (Å²) in [6.45, 7) is 7.16. The molecule has 0 radical (unpaired) electrons. The highest BCUT2D eigenvalue weighted by Gasteiger charge is 2.13. The van der Waals surface area contributed by atoms with E-state index in [1.165, 1.54) is 11.8 Å². The number of rotatable bonds is 6. The van der Waals surface area contributed by atoms with E-state index in [1.807, 2.05) is 20.2 Å². The van der Waals surface area contributed by atoms with Crippen LogP contribution >= 0.6 is 11.8 Å². The standard InChI is InChI=1S/C11H21N5S/c1-6-8(3)16(4)10-13-9(12-7-2)14-11(15-10)17-5/h8H,6-7H2,1-5H3,(H,12,13,14,15). The molecule has 0 spiro atoms. The molecule has 1 N–H and O–H groups in total. The molecular formula is C11H21N5S. The van der Waals surface area contributed by atoms with Crippen LogP contribution in [-0.2, 0) is 0 Å². The first-order valence-corrected chi connectivity index (χ1v) is 7.11. The number of hydrogen-bond donors (Lipinski definition) is 1. The third kappa shape index (κ3) is 3.73. The van der Waals surface area contributed by atoms with Crippen molar-refractivity contribution in [3.05, 3.63) is 0 Å². The second-order valence-electron chi connectivity index (χ2n) is 3.84. The topological polar surface area (TPSA) is 53.9 Å². The minimum atomic E-state index is 0.418. The van der Waals surface area contributed by atoms with Crippen molar-refractivity contribution < 1.29 is 0 Å². The smallest absolute Gasteiger partial charge is 0.231 e. The van der Waals surface area contributed by atoms with Crippen LogP contribution in [0.15, 0.2) is 5.16 Å². The van der Waals surface area contributed by atoms with Crippen molar-refractivity contribution in [1.29, 1.82) is 0 Å². The number of thioether (sulfide) groups is 1. The zero-order valence-electron chi connectivity index (χ0n) is 11.2. The van der Waals surface area contributed by atoms with E-state index in [4.69, 9.17) is 0 Å². The lowest BCUT2D eigenvalue weighted by Crippen LogP contribution is -2.30. The van der Waals surface area contributed by atoms with Crippen molar-refractivity contribution in [1.82, 2.24) is 15.0 Å². The summed E-state index contributed by atoms with van der Waals surface area (Å²) >= 11 is 1.53. The fraction of sp³-hybridized carbons (Fsp3) is 0.727. The molecule has 0 saturated heterocycles. The van der Waals surface area contributed by atoms with Crippen molar-refractivity contribution in [2.75, 3.05) is 30.1 Å². The summed E-state index contributed by atoms with van der Waals surface area (Å²) in [5, 5.41) is 3.88. The van der Waals surface area contributed by atoms with Gasteiger partial charge in [0.1, 0.15) is 0 Å². The van der Waals surface area contributed by atoms with Crippen molar-refractivity contribution in [3.8, 4) is 0 Å². The molecule has 0 aliphatic carbocycles. The molecular weight excluding hydrogens is 234 g/mol. The molecule has 0 fully saturated rings. The molecule has 6 heteroatoms. The maximum atomic E-state index is 4.43. The molecule has 1 heterocycles. The van der Waals surface area contributed by atoms with Gasteiger partial charge in [-0.15, -0.1) is 0 Å². The first-order valence-electron chi connectivity index (χ1n) is 5.89. The molecule has 1 aromatic rings. The third-order valence-corrected chi connectivity index (χ3v) is 3.24. The maximum absolute atomic E-state index is 4.43. The number of aromatic nitrogens is 3. The summed E-state index contributed by atoms with van der Waals surface area (Å²) in [7, 11) is 2.02. The van der Waals surface area contributed by atoms with Crippen LogP contribution in [-0.4, -0.2) is 40.8 Å². The van der Waals surface area contributed by atoms with Crippen LogP contribution in [0.2, 0.25) is 0 Å². The monoisotopic (exact) mass is 255 g/mol. The fourth-order valence-corrected chi connectivity index (χ4v) is 1.65. The van der Waals surface area contributed by atoms with Gasteiger partial charge in [-0.2, -0.15) is 15.0 Å². The fourth-order valence-electron chi connectivity index (χ4n) is 1.30. The first kappa shape index (κ1) is 14.0. The Morgan fingerprint density at radius 1 is 1.29 bits per heavy atom. The van der Waals surface area contributed by atoms with Crippen LogP contribution in [0.25, 0.3) is 0 Å². The average Bonchev–Trinajstić information content (AvgIpc) is 2.36. The van der Waals surface area contributed by atoms with Crippen LogP contribution < -0.4 is 10.2 Å². The quantitative estimate of drug-likeness (QED) is 0.787. The lowest BCUT2D eigenvalue weighted by atomic mass is 10.2. The highest BCUT2D eigenvalue weighted by molar-refractivity contribution is 7.98. The van der Waals surface area contributed by atoms with Gasteiger partial charge >= 0.3 is 0 Å². The molecule has 0 amide bonds. The lowest BCUT2D eigenvalue weighted by Gasteiger charge is -2.24. The molecule has 0 aromatic carbocycles. The Balaban J connectivity index is 3.01. The summed E-state index contributed by atoms with van der Waals surface area (Å²) in [5.74, 6) is 1.38. The third-order valence-electron chi connectivity index (χ3n) is 2.69. The molecule has 1 unspecified atom stereocenters. The summed E-state index contributed by atoms with van der Waals surface area (Å²) in [4.78, 5) is 15.2. The summed E-state index contributed by atoms with van der Waals surface area (Å²) in [5.41, 5.74) is 0. The van der Waals surface area contributed by atoms with Gasteiger partial charge in [-0.1, -0.05) is 18.7 Å². The summed E-state index contributed by atoms with van der Waals surface area (Å²) < 4.78 is 0. The van der Waals surface area contributed by atoms with E-state index in [2.05, 4.69) is 39.0 Å². The van der Waals surface area contributed by atoms with Crippen molar-refractivity contribution in [2.24, 2.45) is 0 Å². The molecule has 0 aliphatic rings. The molecule has 0 saturated carbocycles. The van der Waals surface area contributed by atoms with Gasteiger partial charge < -0.3 is 10.2 Å². The van der Waals surface area contributed by atoms with E-state index >= 15 is 0 Å². The first-order chi connectivity index (χ1) is 8.12.